The normalized spacial score (nSPS) is 20.6. The lowest BCUT2D eigenvalue weighted by Gasteiger charge is -2.43. The van der Waals surface area contributed by atoms with Crippen LogP contribution in [0.15, 0.2) is 72.8 Å². The third-order valence-electron chi connectivity index (χ3n) is 8.11. The van der Waals surface area contributed by atoms with Gasteiger partial charge >= 0.3 is 5.97 Å². The van der Waals surface area contributed by atoms with Crippen LogP contribution in [-0.4, -0.2) is 39.4 Å². The number of nitrogens with zero attached hydrogens (tertiary/aromatic N) is 1. The lowest BCUT2D eigenvalue weighted by atomic mass is 9.90. The highest BCUT2D eigenvalue weighted by Crippen LogP contribution is 2.44. The summed E-state index contributed by atoms with van der Waals surface area (Å²) >= 11 is 0. The van der Waals surface area contributed by atoms with Gasteiger partial charge in [-0.1, -0.05) is 87.5 Å². The highest BCUT2D eigenvalue weighted by atomic mass is 28.4. The van der Waals surface area contributed by atoms with Gasteiger partial charge in [-0.2, -0.15) is 0 Å². The van der Waals surface area contributed by atoms with Crippen molar-refractivity contribution in [1.29, 1.82) is 0 Å². The van der Waals surface area contributed by atoms with Crippen LogP contribution in [0.1, 0.15) is 55.2 Å². The Kier molecular flexibility index (Phi) is 8.05. The number of cyclic esters (lactones) is 1. The Balaban J connectivity index is 1.69. The molecule has 6 heteroatoms. The zero-order valence-corrected chi connectivity index (χ0v) is 24.9. The van der Waals surface area contributed by atoms with E-state index in [2.05, 4.69) is 57.0 Å². The molecule has 4 rings (SSSR count). The Hall–Kier alpha value is -3.09. The van der Waals surface area contributed by atoms with E-state index in [0.717, 1.165) is 33.8 Å². The second-order valence-electron chi connectivity index (χ2n) is 11.8. The number of ether oxygens (including phenoxy) is 2. The molecule has 0 bridgehead atoms. The van der Waals surface area contributed by atoms with E-state index in [-0.39, 0.29) is 23.2 Å². The van der Waals surface area contributed by atoms with Gasteiger partial charge in [0, 0.05) is 0 Å². The average molecular weight is 532 g/mol. The number of methoxy groups -OCH3 is 1. The highest BCUT2D eigenvalue weighted by molar-refractivity contribution is 6.74. The number of likely N-dealkylation sites (N-methyl/N-ethyl adjacent to an activating group) is 1. The molecule has 1 fully saturated rings. The first kappa shape index (κ1) is 27.9. The number of esters is 1. The third kappa shape index (κ3) is 5.66. The molecule has 0 aromatic heterocycles. The third-order valence-corrected chi connectivity index (χ3v) is 12.4. The molecule has 1 heterocycles. The van der Waals surface area contributed by atoms with Crippen molar-refractivity contribution in [3.05, 3.63) is 95.1 Å². The van der Waals surface area contributed by atoms with Crippen molar-refractivity contribution in [3.63, 3.8) is 0 Å². The van der Waals surface area contributed by atoms with Gasteiger partial charge in [-0.25, -0.2) is 0 Å². The van der Waals surface area contributed by atoms with Gasteiger partial charge in [-0.05, 0) is 66.8 Å². The molecule has 202 valence electrons. The summed E-state index contributed by atoms with van der Waals surface area (Å²) in [5, 5.41) is 0.0463. The zero-order chi connectivity index (χ0) is 27.7. The van der Waals surface area contributed by atoms with Crippen LogP contribution in [0.2, 0.25) is 18.1 Å². The Morgan fingerprint density at radius 3 is 2.08 bits per heavy atom. The van der Waals surface area contributed by atoms with Gasteiger partial charge in [0.1, 0.15) is 17.9 Å². The van der Waals surface area contributed by atoms with Crippen molar-refractivity contribution >= 4 is 14.3 Å². The number of hydrogen-bond acceptors (Lipinski definition) is 5. The maximum Gasteiger partial charge on any atom is 0.324 e. The molecule has 0 N–H and O–H groups in total. The van der Waals surface area contributed by atoms with Crippen LogP contribution in [0, 0.1) is 6.92 Å². The van der Waals surface area contributed by atoms with E-state index < -0.39 is 14.4 Å². The number of benzene rings is 3. The fourth-order valence-corrected chi connectivity index (χ4v) is 5.95. The van der Waals surface area contributed by atoms with Gasteiger partial charge in [0.2, 0.25) is 0 Å². The van der Waals surface area contributed by atoms with Gasteiger partial charge in [0.15, 0.2) is 5.75 Å². The summed E-state index contributed by atoms with van der Waals surface area (Å²) in [7, 11) is 1.61. The molecule has 3 aromatic rings. The summed E-state index contributed by atoms with van der Waals surface area (Å²) in [6.07, 6.45) is 0.126. The van der Waals surface area contributed by atoms with Crippen LogP contribution in [0.4, 0.5) is 0 Å². The zero-order valence-electron chi connectivity index (χ0n) is 23.9. The maximum absolute atomic E-state index is 13.5. The molecule has 0 unspecified atom stereocenters. The van der Waals surface area contributed by atoms with Gasteiger partial charge in [0.25, 0.3) is 8.32 Å². The molecule has 5 nitrogen and oxygen atoms in total. The van der Waals surface area contributed by atoms with Gasteiger partial charge in [-0.15, -0.1) is 0 Å². The van der Waals surface area contributed by atoms with Crippen LogP contribution in [0.25, 0.3) is 0 Å². The SMILES string of the molecule is COc1c(C)cc(C[C@H]2C(=O)O[C@H](c3ccccc3)[C@H](c3ccccc3)N2C)cc1O[Si](C)(C)C(C)(C)C. The van der Waals surface area contributed by atoms with Gasteiger partial charge in [0.05, 0.1) is 13.2 Å². The monoisotopic (exact) mass is 531 g/mol. The number of carbonyl (C=O) groups excluding carboxylic acids is 1. The van der Waals surface area contributed by atoms with Crippen LogP contribution >= 0.6 is 0 Å². The largest absolute Gasteiger partial charge is 0.541 e. The van der Waals surface area contributed by atoms with Crippen molar-refractivity contribution in [2.45, 2.75) is 70.4 Å². The molecule has 3 aromatic carbocycles. The van der Waals surface area contributed by atoms with Crippen LogP contribution in [0.3, 0.4) is 0 Å². The highest BCUT2D eigenvalue weighted by Gasteiger charge is 2.44. The predicted octanol–water partition coefficient (Wildman–Crippen LogP) is 7.27. The molecule has 1 aliphatic rings. The van der Waals surface area contributed by atoms with Gasteiger partial charge in [-0.3, -0.25) is 9.69 Å². The molecule has 0 saturated carbocycles. The summed E-state index contributed by atoms with van der Waals surface area (Å²) in [6, 6.07) is 23.9. The number of rotatable bonds is 7. The molecule has 38 heavy (non-hydrogen) atoms. The molecule has 1 saturated heterocycles. The number of aryl methyl sites for hydroxylation is 1. The van der Waals surface area contributed by atoms with E-state index >= 15 is 0 Å². The molecule has 3 atom stereocenters. The minimum Gasteiger partial charge on any atom is -0.541 e. The van der Waals surface area contributed by atoms with Crippen molar-refractivity contribution in [2.75, 3.05) is 14.2 Å². The summed E-state index contributed by atoms with van der Waals surface area (Å²) in [4.78, 5) is 15.7. The standard InChI is InChI=1S/C32H41NO4Si/c1-22-19-23(21-27(29(22)35-6)37-38(7,8)32(2,3)4)20-26-31(34)36-30(25-17-13-10-14-18-25)28(33(26)5)24-15-11-9-12-16-24/h9-19,21,26,28,30H,20H2,1-8H3/t26-,28-,30+/m0/s1. The minimum absolute atomic E-state index is 0.0463. The quantitative estimate of drug-likeness (QED) is 0.237. The number of carbonyl (C=O) groups is 1. The molecule has 1 aliphatic heterocycles. The summed E-state index contributed by atoms with van der Waals surface area (Å²) in [5.74, 6) is 1.29. The summed E-state index contributed by atoms with van der Waals surface area (Å²) < 4.78 is 18.7. The van der Waals surface area contributed by atoms with Crippen molar-refractivity contribution in [2.24, 2.45) is 0 Å². The molecule has 0 aliphatic carbocycles. The van der Waals surface area contributed by atoms with E-state index in [4.69, 9.17) is 13.9 Å². The van der Waals surface area contributed by atoms with E-state index in [1.165, 1.54) is 0 Å². The fourth-order valence-electron chi connectivity index (χ4n) is 4.94. The second-order valence-corrected chi connectivity index (χ2v) is 16.5. The second kappa shape index (κ2) is 10.9. The molecular weight excluding hydrogens is 490 g/mol. The summed E-state index contributed by atoms with van der Waals surface area (Å²) in [6.45, 7) is 13.2. The van der Waals surface area contributed by atoms with Crippen molar-refractivity contribution in [1.82, 2.24) is 4.90 Å². The van der Waals surface area contributed by atoms with E-state index in [1.807, 2.05) is 68.6 Å². The Bertz CT molecular complexity index is 1250. The predicted molar refractivity (Wildman–Crippen MR) is 155 cm³/mol. The van der Waals surface area contributed by atoms with Crippen LogP contribution in [-0.2, 0) is 16.0 Å². The number of hydrogen-bond donors (Lipinski definition) is 0. The Labute approximate surface area is 228 Å². The van der Waals surface area contributed by atoms with Gasteiger partial charge < -0.3 is 13.9 Å². The first-order valence-electron chi connectivity index (χ1n) is 13.3. The molecular formula is C32H41NO4Si. The maximum atomic E-state index is 13.5. The lowest BCUT2D eigenvalue weighted by Crippen LogP contribution is -2.50. The molecule has 0 radical (unpaired) electrons. The van der Waals surface area contributed by atoms with E-state index in [9.17, 15) is 4.79 Å². The minimum atomic E-state index is -2.10. The average Bonchev–Trinajstić information content (AvgIpc) is 2.86. The van der Waals surface area contributed by atoms with Crippen LogP contribution in [0.5, 0.6) is 11.5 Å². The molecule has 0 spiro atoms. The van der Waals surface area contributed by atoms with Crippen molar-refractivity contribution in [3.8, 4) is 11.5 Å². The first-order valence-corrected chi connectivity index (χ1v) is 16.2. The Morgan fingerprint density at radius 2 is 1.53 bits per heavy atom. The Morgan fingerprint density at radius 1 is 0.947 bits per heavy atom. The van der Waals surface area contributed by atoms with E-state index in [1.54, 1.807) is 7.11 Å². The van der Waals surface area contributed by atoms with Crippen molar-refractivity contribution < 1.29 is 18.7 Å². The first-order chi connectivity index (χ1) is 17.9. The lowest BCUT2D eigenvalue weighted by molar-refractivity contribution is -0.173. The fraction of sp³-hybridized carbons (Fsp3) is 0.406. The number of morpholine rings is 1. The molecule has 0 amide bonds. The topological polar surface area (TPSA) is 48.0 Å². The van der Waals surface area contributed by atoms with Crippen LogP contribution < -0.4 is 9.16 Å². The summed E-state index contributed by atoms with van der Waals surface area (Å²) in [5.41, 5.74) is 4.13. The smallest absolute Gasteiger partial charge is 0.324 e. The van der Waals surface area contributed by atoms with E-state index in [0.29, 0.717) is 6.42 Å².